The Kier molecular flexibility index (Phi) is 5.89. The third-order valence-electron chi connectivity index (χ3n) is 6.35. The normalized spacial score (nSPS) is 21.5. The number of rotatable bonds is 5. The summed E-state index contributed by atoms with van der Waals surface area (Å²) in [6.45, 7) is 1.68. The maximum Gasteiger partial charge on any atom is 0.253 e. The molecule has 2 fully saturated rings. The summed E-state index contributed by atoms with van der Waals surface area (Å²) in [5.41, 5.74) is 2.84. The molecule has 168 valence electrons. The van der Waals surface area contributed by atoms with Gasteiger partial charge in [0.1, 0.15) is 5.52 Å². The second-order valence-corrected chi connectivity index (χ2v) is 8.70. The van der Waals surface area contributed by atoms with Crippen LogP contribution in [0.15, 0.2) is 30.6 Å². The number of imidazole rings is 1. The summed E-state index contributed by atoms with van der Waals surface area (Å²) >= 11 is 0. The highest BCUT2D eigenvalue weighted by Gasteiger charge is 2.21. The Labute approximate surface area is 186 Å². The monoisotopic (exact) mass is 435 g/mol. The average Bonchev–Trinajstić information content (AvgIpc) is 3.30. The van der Waals surface area contributed by atoms with E-state index in [-0.39, 0.29) is 18.1 Å². The number of aromatic amines is 1. The van der Waals surface area contributed by atoms with Gasteiger partial charge in [0.15, 0.2) is 11.5 Å². The summed E-state index contributed by atoms with van der Waals surface area (Å²) in [6, 6.07) is 7.75. The topological polar surface area (TPSA) is 119 Å². The number of amides is 1. The standard InChI is InChI=1S/C23H29N7O2/c31-18-10-8-17(9-11-18)27-23-28-20-19(24-14-25-20)21(29-23)26-16-6-4-15(5-7-16)22(32)30-12-2-1-3-13-30/h4-7,14,17-18,31H,1-3,8-13H2,(H3,24,25,26,27,28,29). The third-order valence-corrected chi connectivity index (χ3v) is 6.35. The van der Waals surface area contributed by atoms with E-state index < -0.39 is 0 Å². The van der Waals surface area contributed by atoms with Crippen molar-refractivity contribution in [2.24, 2.45) is 0 Å². The van der Waals surface area contributed by atoms with Crippen LogP contribution in [0.5, 0.6) is 0 Å². The molecular weight excluding hydrogens is 406 g/mol. The smallest absolute Gasteiger partial charge is 0.253 e. The summed E-state index contributed by atoms with van der Waals surface area (Å²) in [5, 5.41) is 16.5. The van der Waals surface area contributed by atoms with Crippen LogP contribution >= 0.6 is 0 Å². The number of piperidine rings is 1. The minimum Gasteiger partial charge on any atom is -0.393 e. The van der Waals surface area contributed by atoms with Crippen molar-refractivity contribution in [1.82, 2.24) is 24.8 Å². The van der Waals surface area contributed by atoms with Gasteiger partial charge in [0.2, 0.25) is 5.95 Å². The van der Waals surface area contributed by atoms with Crippen LogP contribution in [0, 0.1) is 0 Å². The number of fused-ring (bicyclic) bond motifs is 1. The first-order chi connectivity index (χ1) is 15.7. The highest BCUT2D eigenvalue weighted by molar-refractivity contribution is 5.95. The number of hydrogen-bond acceptors (Lipinski definition) is 7. The molecule has 3 aromatic rings. The first-order valence-electron chi connectivity index (χ1n) is 11.5. The number of aromatic nitrogens is 4. The first kappa shape index (κ1) is 20.7. The van der Waals surface area contributed by atoms with E-state index in [1.807, 2.05) is 29.2 Å². The maximum absolute atomic E-state index is 12.7. The van der Waals surface area contributed by atoms with Crippen molar-refractivity contribution >= 4 is 34.5 Å². The highest BCUT2D eigenvalue weighted by Crippen LogP contribution is 2.26. The third kappa shape index (κ3) is 4.52. The van der Waals surface area contributed by atoms with Gasteiger partial charge in [-0.3, -0.25) is 4.79 Å². The number of aliphatic hydroxyl groups excluding tert-OH is 1. The van der Waals surface area contributed by atoms with E-state index >= 15 is 0 Å². The van der Waals surface area contributed by atoms with Crippen molar-refractivity contribution in [2.45, 2.75) is 57.1 Å². The molecule has 0 spiro atoms. The van der Waals surface area contributed by atoms with Gasteiger partial charge in [0.25, 0.3) is 5.91 Å². The minimum atomic E-state index is -0.204. The lowest BCUT2D eigenvalue weighted by Crippen LogP contribution is -2.35. The molecule has 0 unspecified atom stereocenters. The molecule has 32 heavy (non-hydrogen) atoms. The molecular formula is C23H29N7O2. The summed E-state index contributed by atoms with van der Waals surface area (Å²) < 4.78 is 0. The summed E-state index contributed by atoms with van der Waals surface area (Å²) in [6.07, 6.45) is 8.11. The number of benzene rings is 1. The molecule has 0 radical (unpaired) electrons. The van der Waals surface area contributed by atoms with Gasteiger partial charge >= 0.3 is 0 Å². The predicted molar refractivity (Wildman–Crippen MR) is 123 cm³/mol. The van der Waals surface area contributed by atoms with E-state index in [1.165, 1.54) is 6.42 Å². The Morgan fingerprint density at radius 3 is 2.53 bits per heavy atom. The second-order valence-electron chi connectivity index (χ2n) is 8.70. The van der Waals surface area contributed by atoms with Gasteiger partial charge in [-0.25, -0.2) is 4.98 Å². The molecule has 5 rings (SSSR count). The van der Waals surface area contributed by atoms with Gasteiger partial charge in [0, 0.05) is 30.4 Å². The van der Waals surface area contributed by atoms with Crippen molar-refractivity contribution in [3.8, 4) is 0 Å². The van der Waals surface area contributed by atoms with Crippen LogP contribution in [0.4, 0.5) is 17.5 Å². The fourth-order valence-corrected chi connectivity index (χ4v) is 4.50. The average molecular weight is 436 g/mol. The molecule has 0 atom stereocenters. The summed E-state index contributed by atoms with van der Waals surface area (Å²) in [5.74, 6) is 1.24. The van der Waals surface area contributed by atoms with Gasteiger partial charge in [-0.05, 0) is 69.2 Å². The zero-order chi connectivity index (χ0) is 21.9. The van der Waals surface area contributed by atoms with Crippen LogP contribution < -0.4 is 10.6 Å². The quantitative estimate of drug-likeness (QED) is 0.485. The number of nitrogens with one attached hydrogen (secondary N) is 3. The van der Waals surface area contributed by atoms with E-state index in [4.69, 9.17) is 0 Å². The van der Waals surface area contributed by atoms with Crippen molar-refractivity contribution in [2.75, 3.05) is 23.7 Å². The van der Waals surface area contributed by atoms with Crippen molar-refractivity contribution < 1.29 is 9.90 Å². The minimum absolute atomic E-state index is 0.0957. The van der Waals surface area contributed by atoms with Gasteiger partial charge in [-0.15, -0.1) is 0 Å². The first-order valence-corrected chi connectivity index (χ1v) is 11.5. The van der Waals surface area contributed by atoms with Gasteiger partial charge in [0.05, 0.1) is 12.4 Å². The number of anilines is 3. The van der Waals surface area contributed by atoms with E-state index in [9.17, 15) is 9.90 Å². The van der Waals surface area contributed by atoms with Gasteiger partial charge in [-0.1, -0.05) is 0 Å². The molecule has 1 aromatic carbocycles. The highest BCUT2D eigenvalue weighted by atomic mass is 16.3. The largest absolute Gasteiger partial charge is 0.393 e. The lowest BCUT2D eigenvalue weighted by molar-refractivity contribution is 0.0724. The summed E-state index contributed by atoms with van der Waals surface area (Å²) in [7, 11) is 0. The number of likely N-dealkylation sites (tertiary alicyclic amines) is 1. The Morgan fingerprint density at radius 2 is 1.78 bits per heavy atom. The van der Waals surface area contributed by atoms with Crippen molar-refractivity contribution in [3.05, 3.63) is 36.2 Å². The summed E-state index contributed by atoms with van der Waals surface area (Å²) in [4.78, 5) is 31.2. The van der Waals surface area contributed by atoms with E-state index in [2.05, 4.69) is 30.6 Å². The Bertz CT molecular complexity index is 1070. The number of nitrogens with zero attached hydrogens (tertiary/aromatic N) is 4. The molecule has 9 heteroatoms. The second kappa shape index (κ2) is 9.12. The SMILES string of the molecule is O=C(c1ccc(Nc2nc(NC3CCC(O)CC3)nc3nc[nH]c23)cc1)N1CCCCC1. The molecule has 1 saturated heterocycles. The van der Waals surface area contributed by atoms with Crippen molar-refractivity contribution in [1.29, 1.82) is 0 Å². The van der Waals surface area contributed by atoms with Crippen LogP contribution in [-0.2, 0) is 0 Å². The van der Waals surface area contributed by atoms with Crippen LogP contribution in [0.2, 0.25) is 0 Å². The van der Waals surface area contributed by atoms with E-state index in [0.29, 0.717) is 23.0 Å². The number of H-pyrrole nitrogens is 1. The molecule has 9 nitrogen and oxygen atoms in total. The van der Waals surface area contributed by atoms with Crippen LogP contribution in [0.3, 0.4) is 0 Å². The maximum atomic E-state index is 12.7. The molecule has 1 saturated carbocycles. The Morgan fingerprint density at radius 1 is 1.03 bits per heavy atom. The number of carbonyl (C=O) groups is 1. The van der Waals surface area contributed by atoms with Crippen LogP contribution in [-0.4, -0.2) is 61.1 Å². The number of hydrogen-bond donors (Lipinski definition) is 4. The lowest BCUT2D eigenvalue weighted by Gasteiger charge is -2.26. The number of aliphatic hydroxyl groups is 1. The molecule has 3 heterocycles. The molecule has 1 aliphatic carbocycles. The van der Waals surface area contributed by atoms with E-state index in [0.717, 1.165) is 62.8 Å². The van der Waals surface area contributed by atoms with Gasteiger partial charge in [-0.2, -0.15) is 9.97 Å². The molecule has 1 aliphatic heterocycles. The Balaban J connectivity index is 1.32. The molecule has 2 aromatic heterocycles. The fraction of sp³-hybridized carbons (Fsp3) is 0.478. The van der Waals surface area contributed by atoms with Crippen LogP contribution in [0.1, 0.15) is 55.3 Å². The number of carbonyl (C=O) groups excluding carboxylic acids is 1. The predicted octanol–water partition coefficient (Wildman–Crippen LogP) is 3.44. The van der Waals surface area contributed by atoms with Gasteiger partial charge < -0.3 is 25.6 Å². The molecule has 4 N–H and O–H groups in total. The zero-order valence-corrected chi connectivity index (χ0v) is 18.0. The van der Waals surface area contributed by atoms with E-state index in [1.54, 1.807) is 6.33 Å². The molecule has 0 bridgehead atoms. The lowest BCUT2D eigenvalue weighted by atomic mass is 9.93. The van der Waals surface area contributed by atoms with Crippen LogP contribution in [0.25, 0.3) is 11.2 Å². The molecule has 2 aliphatic rings. The molecule has 1 amide bonds. The Hall–Kier alpha value is -3.20. The fourth-order valence-electron chi connectivity index (χ4n) is 4.50. The van der Waals surface area contributed by atoms with Crippen molar-refractivity contribution in [3.63, 3.8) is 0 Å². The zero-order valence-electron chi connectivity index (χ0n) is 18.0.